The lowest BCUT2D eigenvalue weighted by Gasteiger charge is -2.32. The largest absolute Gasteiger partial charge is 0.534 e. The predicted molar refractivity (Wildman–Crippen MR) is 82.7 cm³/mol. The van der Waals surface area contributed by atoms with Crippen LogP contribution in [0.2, 0.25) is 0 Å². The monoisotopic (exact) mass is 348 g/mol. The number of halogens is 3. The quantitative estimate of drug-likeness (QED) is 0.587. The molecule has 0 aromatic heterocycles. The Morgan fingerprint density at radius 2 is 1.87 bits per heavy atom. The van der Waals surface area contributed by atoms with Gasteiger partial charge in [0, 0.05) is 0 Å². The summed E-state index contributed by atoms with van der Waals surface area (Å²) in [6.45, 7) is 7.57. The Morgan fingerprint density at radius 1 is 1.26 bits per heavy atom. The van der Waals surface area contributed by atoms with E-state index in [9.17, 15) is 21.6 Å². The first kappa shape index (κ1) is 17.8. The minimum absolute atomic E-state index is 0.166. The zero-order valence-electron chi connectivity index (χ0n) is 13.4. The van der Waals surface area contributed by atoms with E-state index in [0.717, 1.165) is 23.1 Å². The van der Waals surface area contributed by atoms with Crippen LogP contribution >= 0.6 is 0 Å². The molecule has 0 radical (unpaired) electrons. The number of aryl methyl sites for hydroxylation is 1. The van der Waals surface area contributed by atoms with Crippen molar-refractivity contribution < 1.29 is 25.8 Å². The van der Waals surface area contributed by atoms with Crippen LogP contribution in [-0.4, -0.2) is 13.9 Å². The molecule has 2 rings (SSSR count). The lowest BCUT2D eigenvalue weighted by Crippen LogP contribution is -2.28. The van der Waals surface area contributed by atoms with Crippen molar-refractivity contribution in [1.82, 2.24) is 0 Å². The molecule has 7 heteroatoms. The number of benzene rings is 1. The molecule has 1 aliphatic rings. The molecule has 1 aromatic carbocycles. The Morgan fingerprint density at radius 3 is 2.39 bits per heavy atom. The smallest absolute Gasteiger partial charge is 0.376 e. The number of hydrogen-bond acceptors (Lipinski definition) is 3. The molecule has 0 bridgehead atoms. The van der Waals surface area contributed by atoms with Crippen LogP contribution < -0.4 is 4.18 Å². The van der Waals surface area contributed by atoms with Gasteiger partial charge >= 0.3 is 15.6 Å². The first-order valence-corrected chi connectivity index (χ1v) is 8.65. The molecule has 3 nitrogen and oxygen atoms in total. The molecule has 0 saturated heterocycles. The van der Waals surface area contributed by atoms with Gasteiger partial charge < -0.3 is 4.18 Å². The summed E-state index contributed by atoms with van der Waals surface area (Å²) in [7, 11) is -5.67. The Kier molecular flexibility index (Phi) is 4.30. The third-order valence-electron chi connectivity index (χ3n) is 4.11. The number of hydrogen-bond donors (Lipinski definition) is 0. The van der Waals surface area contributed by atoms with Gasteiger partial charge in [-0.25, -0.2) is 0 Å². The van der Waals surface area contributed by atoms with Crippen molar-refractivity contribution in [3.05, 3.63) is 34.9 Å². The summed E-state index contributed by atoms with van der Waals surface area (Å²) < 4.78 is 64.5. The Hall–Kier alpha value is -1.50. The maximum atomic E-state index is 12.5. The van der Waals surface area contributed by atoms with Gasteiger partial charge in [-0.1, -0.05) is 32.9 Å². The standard InChI is InChI=1S/C16H19F3O3S/c1-5-11-6-7-15(3,4)13-8-10(2)14(9-12(11)13)22-23(20,21)16(17,18)19/h6,8-9H,5,7H2,1-4H3. The Labute approximate surface area is 134 Å². The highest BCUT2D eigenvalue weighted by Gasteiger charge is 2.48. The fourth-order valence-electron chi connectivity index (χ4n) is 2.70. The molecule has 0 heterocycles. The summed E-state index contributed by atoms with van der Waals surface area (Å²) in [6, 6.07) is 3.13. The van der Waals surface area contributed by atoms with Gasteiger partial charge in [0.25, 0.3) is 0 Å². The van der Waals surface area contributed by atoms with Crippen LogP contribution in [0.5, 0.6) is 5.75 Å². The lowest BCUT2D eigenvalue weighted by atomic mass is 9.72. The second-order valence-corrected chi connectivity index (χ2v) is 7.86. The van der Waals surface area contributed by atoms with Gasteiger partial charge in [0.15, 0.2) is 0 Å². The van der Waals surface area contributed by atoms with Crippen LogP contribution in [0.3, 0.4) is 0 Å². The van der Waals surface area contributed by atoms with Crippen molar-refractivity contribution in [1.29, 1.82) is 0 Å². The van der Waals surface area contributed by atoms with Gasteiger partial charge in [0.1, 0.15) is 5.75 Å². The molecule has 0 unspecified atom stereocenters. The summed E-state index contributed by atoms with van der Waals surface area (Å²) in [6.07, 6.45) is 3.57. The second-order valence-electron chi connectivity index (χ2n) is 6.32. The van der Waals surface area contributed by atoms with E-state index in [-0.39, 0.29) is 11.2 Å². The van der Waals surface area contributed by atoms with Crippen molar-refractivity contribution in [3.8, 4) is 5.75 Å². The minimum Gasteiger partial charge on any atom is -0.376 e. The van der Waals surface area contributed by atoms with Crippen LogP contribution in [0, 0.1) is 6.92 Å². The second kappa shape index (κ2) is 5.54. The van der Waals surface area contributed by atoms with Gasteiger partial charge in [-0.3, -0.25) is 0 Å². The Balaban J connectivity index is 2.57. The van der Waals surface area contributed by atoms with Crippen molar-refractivity contribution in [3.63, 3.8) is 0 Å². The summed E-state index contributed by atoms with van der Waals surface area (Å²) in [5, 5.41) is 0. The highest BCUT2D eigenvalue weighted by atomic mass is 32.2. The van der Waals surface area contributed by atoms with Crippen molar-refractivity contribution in [2.45, 2.75) is 51.5 Å². The van der Waals surface area contributed by atoms with Crippen LogP contribution in [0.4, 0.5) is 13.2 Å². The number of rotatable bonds is 3. The van der Waals surface area contributed by atoms with Gasteiger partial charge in [0.2, 0.25) is 0 Å². The molecule has 0 aliphatic heterocycles. The van der Waals surface area contributed by atoms with E-state index >= 15 is 0 Å². The zero-order valence-corrected chi connectivity index (χ0v) is 14.2. The van der Waals surface area contributed by atoms with Crippen molar-refractivity contribution in [2.24, 2.45) is 0 Å². The molecule has 0 spiro atoms. The summed E-state index contributed by atoms with van der Waals surface area (Å²) in [4.78, 5) is 0. The highest BCUT2D eigenvalue weighted by Crippen LogP contribution is 2.43. The summed E-state index contributed by atoms with van der Waals surface area (Å²) >= 11 is 0. The maximum Gasteiger partial charge on any atom is 0.534 e. The van der Waals surface area contributed by atoms with E-state index in [2.05, 4.69) is 4.18 Å². The van der Waals surface area contributed by atoms with Crippen LogP contribution in [0.15, 0.2) is 18.2 Å². The van der Waals surface area contributed by atoms with Crippen LogP contribution in [0.1, 0.15) is 50.3 Å². The van der Waals surface area contributed by atoms with Gasteiger partial charge in [-0.05, 0) is 53.5 Å². The van der Waals surface area contributed by atoms with Gasteiger partial charge in [-0.15, -0.1) is 0 Å². The molecule has 0 amide bonds. The van der Waals surface area contributed by atoms with E-state index < -0.39 is 15.6 Å². The molecule has 0 fully saturated rings. The molecular formula is C16H19F3O3S. The molecule has 1 aromatic rings. The van der Waals surface area contributed by atoms with Crippen LogP contribution in [0.25, 0.3) is 5.57 Å². The van der Waals surface area contributed by atoms with Crippen molar-refractivity contribution >= 4 is 15.7 Å². The van der Waals surface area contributed by atoms with E-state index in [0.29, 0.717) is 12.0 Å². The molecular weight excluding hydrogens is 329 g/mol. The zero-order chi connectivity index (χ0) is 17.6. The predicted octanol–water partition coefficient (Wildman–Crippen LogP) is 4.70. The molecule has 23 heavy (non-hydrogen) atoms. The SMILES string of the molecule is CCC1=CCC(C)(C)c2cc(C)c(OS(=O)(=O)C(F)(F)F)cc21. The van der Waals surface area contributed by atoms with Gasteiger partial charge in [0.05, 0.1) is 0 Å². The number of allylic oxidation sites excluding steroid dienone is 2. The highest BCUT2D eigenvalue weighted by molar-refractivity contribution is 7.88. The molecule has 0 saturated carbocycles. The lowest BCUT2D eigenvalue weighted by molar-refractivity contribution is -0.0500. The minimum atomic E-state index is -5.67. The first-order chi connectivity index (χ1) is 10.4. The van der Waals surface area contributed by atoms with Gasteiger partial charge in [-0.2, -0.15) is 21.6 Å². The third kappa shape index (κ3) is 3.24. The fourth-order valence-corrected chi connectivity index (χ4v) is 3.21. The topological polar surface area (TPSA) is 43.4 Å². The molecule has 128 valence electrons. The first-order valence-electron chi connectivity index (χ1n) is 7.24. The van der Waals surface area contributed by atoms with Crippen LogP contribution in [-0.2, 0) is 15.5 Å². The summed E-state index contributed by atoms with van der Waals surface area (Å²) in [5.41, 5.74) is -2.53. The average molecular weight is 348 g/mol. The molecule has 0 atom stereocenters. The van der Waals surface area contributed by atoms with Crippen molar-refractivity contribution in [2.75, 3.05) is 0 Å². The molecule has 0 N–H and O–H groups in total. The van der Waals surface area contributed by atoms with E-state index in [4.69, 9.17) is 0 Å². The number of fused-ring (bicyclic) bond motifs is 1. The summed E-state index contributed by atoms with van der Waals surface area (Å²) in [5.74, 6) is -0.280. The maximum absolute atomic E-state index is 12.5. The third-order valence-corrected chi connectivity index (χ3v) is 5.08. The van der Waals surface area contributed by atoms with E-state index in [1.54, 1.807) is 13.0 Å². The average Bonchev–Trinajstić information content (AvgIpc) is 2.39. The van der Waals surface area contributed by atoms with E-state index in [1.165, 1.54) is 6.07 Å². The molecule has 1 aliphatic carbocycles. The Bertz CT molecular complexity index is 760. The fraction of sp³-hybridized carbons (Fsp3) is 0.500. The van der Waals surface area contributed by atoms with E-state index in [1.807, 2.05) is 26.8 Å². The normalized spacial score (nSPS) is 17.4. The number of alkyl halides is 3.